The highest BCUT2D eigenvalue weighted by molar-refractivity contribution is 14.0. The summed E-state index contributed by atoms with van der Waals surface area (Å²) < 4.78 is 6.05. The molecule has 2 heterocycles. The number of benzene rings is 2. The van der Waals surface area contributed by atoms with Gasteiger partial charge in [0, 0.05) is 58.0 Å². The maximum Gasteiger partial charge on any atom is 0.193 e. The molecule has 0 bridgehead atoms. The number of aliphatic imine (C=N–C) groups is 1. The second kappa shape index (κ2) is 11.2. The van der Waals surface area contributed by atoms with E-state index in [0.717, 1.165) is 51.7 Å². The summed E-state index contributed by atoms with van der Waals surface area (Å²) in [5.41, 5.74) is 5.39. The number of guanidine groups is 1. The summed E-state index contributed by atoms with van der Waals surface area (Å²) in [6.07, 6.45) is 1.27. The monoisotopic (exact) mass is 534 g/mol. The van der Waals surface area contributed by atoms with Crippen molar-refractivity contribution in [2.45, 2.75) is 26.4 Å². The Bertz CT molecular complexity index is 865. The molecular weight excluding hydrogens is 499 g/mol. The summed E-state index contributed by atoms with van der Waals surface area (Å²) in [7, 11) is 1.89. The van der Waals surface area contributed by atoms with Crippen LogP contribution in [0, 0.1) is 19.8 Å². The number of rotatable bonds is 4. The molecule has 2 unspecified atom stereocenters. The first-order chi connectivity index (χ1) is 14.7. The third-order valence-electron chi connectivity index (χ3n) is 6.57. The molecule has 31 heavy (non-hydrogen) atoms. The molecule has 0 radical (unpaired) electrons. The number of nitrogens with one attached hydrogen (secondary N) is 1. The van der Waals surface area contributed by atoms with Crippen molar-refractivity contribution in [2.75, 3.05) is 51.3 Å². The number of nitrogens with zero attached hydrogens (tertiary/aromatic N) is 3. The lowest BCUT2D eigenvalue weighted by molar-refractivity contribution is 0.0913. The first-order valence-corrected chi connectivity index (χ1v) is 11.1. The van der Waals surface area contributed by atoms with Gasteiger partial charge in [-0.05, 0) is 43.0 Å². The van der Waals surface area contributed by atoms with Gasteiger partial charge in [-0.1, -0.05) is 42.5 Å². The highest BCUT2D eigenvalue weighted by Crippen LogP contribution is 2.34. The average molecular weight is 534 g/mol. The van der Waals surface area contributed by atoms with Crippen molar-refractivity contribution in [3.8, 4) is 0 Å². The molecule has 2 aliphatic heterocycles. The molecule has 0 saturated carbocycles. The Morgan fingerprint density at radius 1 is 1.03 bits per heavy atom. The zero-order valence-electron chi connectivity index (χ0n) is 18.9. The van der Waals surface area contributed by atoms with Crippen LogP contribution in [0.15, 0.2) is 53.5 Å². The van der Waals surface area contributed by atoms with Crippen molar-refractivity contribution in [2.24, 2.45) is 10.9 Å². The lowest BCUT2D eigenvalue weighted by Gasteiger charge is -2.38. The lowest BCUT2D eigenvalue weighted by atomic mass is 9.95. The predicted octanol–water partition coefficient (Wildman–Crippen LogP) is 4.40. The van der Waals surface area contributed by atoms with Crippen LogP contribution in [-0.2, 0) is 4.74 Å². The van der Waals surface area contributed by atoms with E-state index >= 15 is 0 Å². The molecule has 2 aromatic rings. The summed E-state index contributed by atoms with van der Waals surface area (Å²) in [5, 5.41) is 3.63. The van der Waals surface area contributed by atoms with Crippen LogP contribution < -0.4 is 10.2 Å². The largest absolute Gasteiger partial charge is 0.373 e. The van der Waals surface area contributed by atoms with E-state index in [0.29, 0.717) is 5.92 Å². The third-order valence-corrected chi connectivity index (χ3v) is 6.57. The minimum absolute atomic E-state index is 0. The van der Waals surface area contributed by atoms with Crippen molar-refractivity contribution >= 4 is 35.6 Å². The Labute approximate surface area is 203 Å². The van der Waals surface area contributed by atoms with Crippen molar-refractivity contribution in [1.29, 1.82) is 0 Å². The molecule has 2 atom stereocenters. The Kier molecular flexibility index (Phi) is 8.60. The van der Waals surface area contributed by atoms with Crippen LogP contribution in [0.2, 0.25) is 0 Å². The Hall–Kier alpha value is -1.80. The van der Waals surface area contributed by atoms with E-state index in [1.54, 1.807) is 0 Å². The summed E-state index contributed by atoms with van der Waals surface area (Å²) in [6.45, 7) is 10.1. The number of ether oxygens (including phenoxy) is 1. The molecule has 2 fully saturated rings. The standard InChI is InChI=1S/C25H34N4O.HI/c1-19-8-7-11-23(20(19)2)28-13-15-29(16-14-28)25(26-3)27-18-22-12-17-30-24(22)21-9-5-4-6-10-21;/h4-11,22,24H,12-18H2,1-3H3,(H,26,27);1H. The SMILES string of the molecule is CN=C(NCC1CCOC1c1ccccc1)N1CCN(c2cccc(C)c2C)CC1.I. The topological polar surface area (TPSA) is 40.1 Å². The van der Waals surface area contributed by atoms with Gasteiger partial charge in [0.2, 0.25) is 0 Å². The van der Waals surface area contributed by atoms with Crippen molar-refractivity contribution < 1.29 is 4.74 Å². The quantitative estimate of drug-likeness (QED) is 0.359. The van der Waals surface area contributed by atoms with Crippen molar-refractivity contribution in [3.63, 3.8) is 0 Å². The maximum atomic E-state index is 6.05. The Morgan fingerprint density at radius 2 is 1.77 bits per heavy atom. The number of anilines is 1. The van der Waals surface area contributed by atoms with E-state index in [9.17, 15) is 0 Å². The minimum atomic E-state index is 0. The number of piperazine rings is 1. The van der Waals surface area contributed by atoms with Gasteiger partial charge in [-0.15, -0.1) is 24.0 Å². The van der Waals surface area contributed by atoms with Gasteiger partial charge < -0.3 is 19.9 Å². The second-order valence-corrected chi connectivity index (χ2v) is 8.37. The van der Waals surface area contributed by atoms with Gasteiger partial charge in [0.25, 0.3) is 0 Å². The molecule has 0 amide bonds. The number of hydrogen-bond donors (Lipinski definition) is 1. The summed E-state index contributed by atoms with van der Waals surface area (Å²) in [5.74, 6) is 1.48. The summed E-state index contributed by atoms with van der Waals surface area (Å²) in [6, 6.07) is 17.2. The average Bonchev–Trinajstić information content (AvgIpc) is 3.26. The molecule has 0 aromatic heterocycles. The van der Waals surface area contributed by atoms with Crippen LogP contribution in [0.4, 0.5) is 5.69 Å². The fourth-order valence-electron chi connectivity index (χ4n) is 4.65. The zero-order chi connectivity index (χ0) is 20.9. The summed E-state index contributed by atoms with van der Waals surface area (Å²) in [4.78, 5) is 9.46. The molecule has 2 aliphatic rings. The van der Waals surface area contributed by atoms with Crippen LogP contribution in [0.5, 0.6) is 0 Å². The van der Waals surface area contributed by atoms with Gasteiger partial charge in [0.15, 0.2) is 5.96 Å². The third kappa shape index (κ3) is 5.52. The molecule has 0 aliphatic carbocycles. The Balaban J connectivity index is 0.00000272. The van der Waals surface area contributed by atoms with E-state index in [1.807, 2.05) is 7.05 Å². The van der Waals surface area contributed by atoms with E-state index in [1.165, 1.54) is 22.4 Å². The molecule has 168 valence electrons. The molecule has 1 N–H and O–H groups in total. The number of hydrogen-bond acceptors (Lipinski definition) is 3. The van der Waals surface area contributed by atoms with Gasteiger partial charge in [0.1, 0.15) is 0 Å². The molecule has 4 rings (SSSR count). The summed E-state index contributed by atoms with van der Waals surface area (Å²) >= 11 is 0. The second-order valence-electron chi connectivity index (χ2n) is 8.37. The van der Waals surface area contributed by atoms with Gasteiger partial charge in [-0.25, -0.2) is 0 Å². The fraction of sp³-hybridized carbons (Fsp3) is 0.480. The van der Waals surface area contributed by atoms with Crippen LogP contribution in [0.3, 0.4) is 0 Å². The Morgan fingerprint density at radius 3 is 2.48 bits per heavy atom. The zero-order valence-corrected chi connectivity index (χ0v) is 21.2. The minimum Gasteiger partial charge on any atom is -0.373 e. The van der Waals surface area contributed by atoms with Gasteiger partial charge in [-0.3, -0.25) is 4.99 Å². The highest BCUT2D eigenvalue weighted by atomic mass is 127. The van der Waals surface area contributed by atoms with Crippen LogP contribution in [0.25, 0.3) is 0 Å². The van der Waals surface area contributed by atoms with Crippen LogP contribution >= 0.6 is 24.0 Å². The molecule has 2 saturated heterocycles. The van der Waals surface area contributed by atoms with Crippen LogP contribution in [-0.4, -0.2) is 57.2 Å². The van der Waals surface area contributed by atoms with Gasteiger partial charge >= 0.3 is 0 Å². The van der Waals surface area contributed by atoms with E-state index in [2.05, 4.69) is 82.5 Å². The molecular formula is C25H35IN4O. The van der Waals surface area contributed by atoms with Gasteiger partial charge in [-0.2, -0.15) is 0 Å². The number of aryl methyl sites for hydroxylation is 1. The molecule has 2 aromatic carbocycles. The molecule has 5 nitrogen and oxygen atoms in total. The lowest BCUT2D eigenvalue weighted by Crippen LogP contribution is -2.53. The maximum absolute atomic E-state index is 6.05. The van der Waals surface area contributed by atoms with E-state index in [-0.39, 0.29) is 30.1 Å². The molecule has 6 heteroatoms. The number of halogens is 1. The van der Waals surface area contributed by atoms with E-state index < -0.39 is 0 Å². The van der Waals surface area contributed by atoms with Crippen molar-refractivity contribution in [3.05, 3.63) is 65.2 Å². The van der Waals surface area contributed by atoms with Crippen LogP contribution in [0.1, 0.15) is 29.2 Å². The normalized spacial score (nSPS) is 21.7. The fourth-order valence-corrected chi connectivity index (χ4v) is 4.65. The van der Waals surface area contributed by atoms with E-state index in [4.69, 9.17) is 4.74 Å². The molecule has 0 spiro atoms. The van der Waals surface area contributed by atoms with Crippen molar-refractivity contribution in [1.82, 2.24) is 10.2 Å². The smallest absolute Gasteiger partial charge is 0.193 e. The highest BCUT2D eigenvalue weighted by Gasteiger charge is 2.30. The first kappa shape index (κ1) is 23.9. The van der Waals surface area contributed by atoms with Gasteiger partial charge in [0.05, 0.1) is 6.10 Å². The first-order valence-electron chi connectivity index (χ1n) is 11.1. The predicted molar refractivity (Wildman–Crippen MR) is 140 cm³/mol.